The lowest BCUT2D eigenvalue weighted by Gasteiger charge is -2.28. The molecule has 1 fully saturated rings. The molecule has 0 aliphatic carbocycles. The highest BCUT2D eigenvalue weighted by Crippen LogP contribution is 2.24. The van der Waals surface area contributed by atoms with Gasteiger partial charge in [-0.1, -0.05) is 0 Å². The van der Waals surface area contributed by atoms with Gasteiger partial charge >= 0.3 is 0 Å². The SMILES string of the molecule is O=CN(c1ccc(C(=O)c2ccc(NC(=O)c3ccc(N4CCOCC4)cc3)cc2)cc1)c1ccnnc1. The zero-order valence-corrected chi connectivity index (χ0v) is 20.5. The fourth-order valence-electron chi connectivity index (χ4n) is 4.19. The summed E-state index contributed by atoms with van der Waals surface area (Å²) in [5.41, 5.74) is 4.33. The summed E-state index contributed by atoms with van der Waals surface area (Å²) in [7, 11) is 0. The Morgan fingerprint density at radius 3 is 2.03 bits per heavy atom. The second-order valence-electron chi connectivity index (χ2n) is 8.63. The van der Waals surface area contributed by atoms with E-state index in [9.17, 15) is 14.4 Å². The van der Waals surface area contributed by atoms with E-state index in [0.717, 1.165) is 18.8 Å². The molecule has 1 N–H and O–H groups in total. The minimum atomic E-state index is -0.225. The number of carbonyl (C=O) groups excluding carboxylic acids is 3. The van der Waals surface area contributed by atoms with Crippen molar-refractivity contribution < 1.29 is 19.1 Å². The van der Waals surface area contributed by atoms with Crippen LogP contribution in [-0.2, 0) is 9.53 Å². The Bertz CT molecular complexity index is 1400. The Kier molecular flexibility index (Phi) is 7.47. The van der Waals surface area contributed by atoms with E-state index < -0.39 is 0 Å². The largest absolute Gasteiger partial charge is 0.378 e. The van der Waals surface area contributed by atoms with Crippen molar-refractivity contribution in [2.45, 2.75) is 0 Å². The number of rotatable bonds is 8. The van der Waals surface area contributed by atoms with Crippen molar-refractivity contribution in [3.63, 3.8) is 0 Å². The zero-order chi connectivity index (χ0) is 26.3. The summed E-state index contributed by atoms with van der Waals surface area (Å²) in [6.45, 7) is 3.08. The number of nitrogens with zero attached hydrogens (tertiary/aromatic N) is 4. The molecule has 4 aromatic rings. The van der Waals surface area contributed by atoms with Crippen LogP contribution in [0.2, 0.25) is 0 Å². The molecule has 9 nitrogen and oxygen atoms in total. The molecule has 1 aromatic heterocycles. The predicted molar refractivity (Wildman–Crippen MR) is 144 cm³/mol. The lowest BCUT2D eigenvalue weighted by atomic mass is 10.0. The van der Waals surface area contributed by atoms with Gasteiger partial charge in [0.25, 0.3) is 5.91 Å². The Hall–Kier alpha value is -4.89. The van der Waals surface area contributed by atoms with E-state index in [2.05, 4.69) is 20.4 Å². The van der Waals surface area contributed by atoms with E-state index in [1.54, 1.807) is 66.7 Å². The van der Waals surface area contributed by atoms with Gasteiger partial charge in [-0.15, -0.1) is 0 Å². The molecule has 3 aromatic carbocycles. The van der Waals surface area contributed by atoms with Gasteiger partial charge < -0.3 is 15.0 Å². The highest BCUT2D eigenvalue weighted by atomic mass is 16.5. The summed E-state index contributed by atoms with van der Waals surface area (Å²) >= 11 is 0. The van der Waals surface area contributed by atoms with Gasteiger partial charge in [-0.25, -0.2) is 0 Å². The molecule has 2 amide bonds. The minimum absolute atomic E-state index is 0.170. The molecule has 0 atom stereocenters. The summed E-state index contributed by atoms with van der Waals surface area (Å²) in [6.07, 6.45) is 3.66. The van der Waals surface area contributed by atoms with Crippen LogP contribution in [0.3, 0.4) is 0 Å². The predicted octanol–water partition coefficient (Wildman–Crippen LogP) is 4.09. The number of hydrogen-bond donors (Lipinski definition) is 1. The number of ketones is 1. The Morgan fingerprint density at radius 2 is 1.42 bits per heavy atom. The molecule has 0 bridgehead atoms. The number of carbonyl (C=O) groups is 3. The van der Waals surface area contributed by atoms with E-state index in [1.165, 1.54) is 17.3 Å². The summed E-state index contributed by atoms with van der Waals surface area (Å²) in [5.74, 6) is -0.395. The van der Waals surface area contributed by atoms with Crippen molar-refractivity contribution in [1.29, 1.82) is 0 Å². The highest BCUT2D eigenvalue weighted by molar-refractivity contribution is 6.10. The van der Waals surface area contributed by atoms with Crippen LogP contribution in [0.25, 0.3) is 0 Å². The standard InChI is InChI=1S/C29H25N5O4/c35-20-34(27-13-14-30-31-19-27)26-11-3-22(4-12-26)28(36)21-1-7-24(8-2-21)32-29(37)23-5-9-25(10-6-23)33-15-17-38-18-16-33/h1-14,19-20H,15-18H2,(H,32,37). The molecule has 1 aliphatic heterocycles. The first-order chi connectivity index (χ1) is 18.6. The molecule has 9 heteroatoms. The number of hydrogen-bond acceptors (Lipinski definition) is 7. The van der Waals surface area contributed by atoms with Crippen LogP contribution in [0, 0.1) is 0 Å². The molecule has 1 saturated heterocycles. The van der Waals surface area contributed by atoms with E-state index in [4.69, 9.17) is 4.74 Å². The molecular formula is C29H25N5O4. The quantitative estimate of drug-likeness (QED) is 0.283. The third-order valence-corrected chi connectivity index (χ3v) is 6.27. The molecule has 190 valence electrons. The molecule has 0 radical (unpaired) electrons. The third-order valence-electron chi connectivity index (χ3n) is 6.27. The first kappa shape index (κ1) is 24.8. The van der Waals surface area contributed by atoms with Crippen molar-refractivity contribution >= 4 is 40.9 Å². The maximum atomic E-state index is 13.0. The zero-order valence-electron chi connectivity index (χ0n) is 20.5. The van der Waals surface area contributed by atoms with E-state index in [1.807, 2.05) is 12.1 Å². The second kappa shape index (κ2) is 11.4. The van der Waals surface area contributed by atoms with Gasteiger partial charge in [-0.2, -0.15) is 10.2 Å². The first-order valence-electron chi connectivity index (χ1n) is 12.1. The molecule has 1 aliphatic rings. The molecule has 0 unspecified atom stereocenters. The van der Waals surface area contributed by atoms with Crippen LogP contribution in [0.5, 0.6) is 0 Å². The van der Waals surface area contributed by atoms with Gasteiger partial charge in [0.15, 0.2) is 5.78 Å². The number of benzene rings is 3. The van der Waals surface area contributed by atoms with Gasteiger partial charge in [0.2, 0.25) is 6.41 Å². The van der Waals surface area contributed by atoms with Gasteiger partial charge in [0.05, 0.1) is 31.3 Å². The number of morpholine rings is 1. The number of anilines is 4. The van der Waals surface area contributed by atoms with E-state index >= 15 is 0 Å². The van der Waals surface area contributed by atoms with Crippen molar-refractivity contribution in [3.05, 3.63) is 108 Å². The molecular weight excluding hydrogens is 482 g/mol. The number of amides is 2. The van der Waals surface area contributed by atoms with E-state index in [-0.39, 0.29) is 11.7 Å². The van der Waals surface area contributed by atoms with Crippen LogP contribution < -0.4 is 15.1 Å². The lowest BCUT2D eigenvalue weighted by Crippen LogP contribution is -2.36. The van der Waals surface area contributed by atoms with Crippen molar-refractivity contribution in [2.75, 3.05) is 41.4 Å². The Balaban J connectivity index is 1.21. The topological polar surface area (TPSA) is 105 Å². The van der Waals surface area contributed by atoms with Crippen LogP contribution >= 0.6 is 0 Å². The molecule has 0 saturated carbocycles. The van der Waals surface area contributed by atoms with Crippen LogP contribution in [-0.4, -0.2) is 54.6 Å². The summed E-state index contributed by atoms with van der Waals surface area (Å²) in [5, 5.41) is 10.4. The average Bonchev–Trinajstić information content (AvgIpc) is 2.99. The fourth-order valence-corrected chi connectivity index (χ4v) is 4.19. The first-order valence-corrected chi connectivity index (χ1v) is 12.1. The molecule has 5 rings (SSSR count). The van der Waals surface area contributed by atoms with Crippen molar-refractivity contribution in [1.82, 2.24) is 10.2 Å². The van der Waals surface area contributed by atoms with Crippen molar-refractivity contribution in [2.24, 2.45) is 0 Å². The number of nitrogens with one attached hydrogen (secondary N) is 1. The van der Waals surface area contributed by atoms with Gasteiger partial charge in [0, 0.05) is 46.8 Å². The maximum absolute atomic E-state index is 13.0. The highest BCUT2D eigenvalue weighted by Gasteiger charge is 2.14. The van der Waals surface area contributed by atoms with Crippen molar-refractivity contribution in [3.8, 4) is 0 Å². The summed E-state index contributed by atoms with van der Waals surface area (Å²) in [4.78, 5) is 40.9. The number of ether oxygens (including phenoxy) is 1. The molecule has 2 heterocycles. The average molecular weight is 508 g/mol. The Morgan fingerprint density at radius 1 is 0.789 bits per heavy atom. The number of aromatic nitrogens is 2. The van der Waals surface area contributed by atoms with Gasteiger partial charge in [0.1, 0.15) is 0 Å². The van der Waals surface area contributed by atoms with E-state index in [0.29, 0.717) is 53.4 Å². The van der Waals surface area contributed by atoms with Crippen LogP contribution in [0.15, 0.2) is 91.3 Å². The molecule has 0 spiro atoms. The second-order valence-corrected chi connectivity index (χ2v) is 8.63. The monoisotopic (exact) mass is 507 g/mol. The Labute approximate surface area is 219 Å². The minimum Gasteiger partial charge on any atom is -0.378 e. The molecule has 38 heavy (non-hydrogen) atoms. The summed E-state index contributed by atoms with van der Waals surface area (Å²) < 4.78 is 5.39. The summed E-state index contributed by atoms with van der Waals surface area (Å²) in [6, 6.07) is 22.6. The lowest BCUT2D eigenvalue weighted by molar-refractivity contribution is -0.106. The van der Waals surface area contributed by atoms with Gasteiger partial charge in [-0.05, 0) is 78.9 Å². The smallest absolute Gasteiger partial charge is 0.255 e. The fraction of sp³-hybridized carbons (Fsp3) is 0.138. The maximum Gasteiger partial charge on any atom is 0.255 e. The van der Waals surface area contributed by atoms with Crippen LogP contribution in [0.4, 0.5) is 22.7 Å². The van der Waals surface area contributed by atoms with Gasteiger partial charge in [-0.3, -0.25) is 19.3 Å². The third kappa shape index (κ3) is 5.58. The normalized spacial score (nSPS) is 13.0. The van der Waals surface area contributed by atoms with Crippen LogP contribution in [0.1, 0.15) is 26.3 Å².